The van der Waals surface area contributed by atoms with Gasteiger partial charge in [-0.3, -0.25) is 14.9 Å². The normalized spacial score (nSPS) is 21.6. The van der Waals surface area contributed by atoms with Crippen molar-refractivity contribution in [3.8, 4) is 11.5 Å². The molecule has 370 valence electrons. The van der Waals surface area contributed by atoms with Crippen molar-refractivity contribution in [3.05, 3.63) is 178 Å². The highest BCUT2D eigenvalue weighted by atomic mass is 16.7. The van der Waals surface area contributed by atoms with Crippen molar-refractivity contribution in [2.24, 2.45) is 22.9 Å². The average Bonchev–Trinajstić information content (AvgIpc) is 3.38. The van der Waals surface area contributed by atoms with Crippen LogP contribution in [-0.4, -0.2) is 75.9 Å². The molecule has 6 atom stereocenters. The third-order valence-corrected chi connectivity index (χ3v) is 13.8. The zero-order valence-corrected chi connectivity index (χ0v) is 40.1. The Hall–Kier alpha value is -7.13. The predicted octanol–water partition coefficient (Wildman–Crippen LogP) is 10.4. The highest BCUT2D eigenvalue weighted by Crippen LogP contribution is 2.62. The van der Waals surface area contributed by atoms with Crippen LogP contribution >= 0.6 is 0 Å². The molecule has 8 rings (SSSR count). The third kappa shape index (κ3) is 11.4. The lowest BCUT2D eigenvalue weighted by Crippen LogP contribution is -2.70. The van der Waals surface area contributed by atoms with Crippen LogP contribution in [0.1, 0.15) is 80.0 Å². The number of hydrogen-bond donors (Lipinski definition) is 3. The fourth-order valence-electron chi connectivity index (χ4n) is 10.7. The lowest BCUT2D eigenvalue weighted by atomic mass is 9.55. The first-order valence-electron chi connectivity index (χ1n) is 24.6. The van der Waals surface area contributed by atoms with Gasteiger partial charge in [-0.1, -0.05) is 103 Å². The summed E-state index contributed by atoms with van der Waals surface area (Å²) in [5, 5.41) is 41.3. The predicted molar refractivity (Wildman–Crippen MR) is 273 cm³/mol. The molecule has 14 heteroatoms. The second-order valence-corrected chi connectivity index (χ2v) is 18.2. The molecular weight excluding hydrogens is 901 g/mol. The van der Waals surface area contributed by atoms with Crippen molar-refractivity contribution < 1.29 is 43.8 Å². The molecule has 0 spiro atoms. The van der Waals surface area contributed by atoms with Crippen LogP contribution in [0.15, 0.2) is 151 Å². The molecule has 0 aromatic heterocycles. The number of nitrogens with zero attached hydrogens (tertiary/aromatic N) is 3. The first kappa shape index (κ1) is 50.3. The van der Waals surface area contributed by atoms with Gasteiger partial charge in [0, 0.05) is 62.4 Å². The Labute approximate surface area is 414 Å². The van der Waals surface area contributed by atoms with Gasteiger partial charge in [0.05, 0.1) is 23.2 Å². The van der Waals surface area contributed by atoms with Crippen LogP contribution in [0, 0.1) is 27.9 Å². The minimum absolute atomic E-state index is 0.0265. The van der Waals surface area contributed by atoms with E-state index in [2.05, 4.69) is 18.0 Å². The van der Waals surface area contributed by atoms with Crippen LogP contribution in [-0.2, 0) is 27.5 Å². The number of nitro groups is 1. The highest BCUT2D eigenvalue weighted by Gasteiger charge is 2.65. The molecule has 0 radical (unpaired) electrons. The number of amides is 2. The van der Waals surface area contributed by atoms with E-state index in [1.807, 2.05) is 85.8 Å². The summed E-state index contributed by atoms with van der Waals surface area (Å²) < 4.78 is 20.5. The monoisotopic (exact) mass is 962 g/mol. The minimum atomic E-state index is -1.58. The number of nitro benzene ring substituents is 1. The van der Waals surface area contributed by atoms with E-state index in [-0.39, 0.29) is 68.7 Å². The maximum Gasteiger partial charge on any atom is 0.412 e. The van der Waals surface area contributed by atoms with Gasteiger partial charge in [0.25, 0.3) is 5.69 Å². The number of carbonyl (C=O) groups is 2. The van der Waals surface area contributed by atoms with Gasteiger partial charge in [0.2, 0.25) is 11.7 Å². The van der Waals surface area contributed by atoms with Crippen LogP contribution in [0.3, 0.4) is 0 Å². The van der Waals surface area contributed by atoms with Crippen molar-refractivity contribution in [2.45, 2.75) is 82.8 Å². The first-order chi connectivity index (χ1) is 34.7. The number of non-ortho nitro benzene ring substituents is 1. The average molecular weight is 963 g/mol. The van der Waals surface area contributed by atoms with Crippen molar-refractivity contribution >= 4 is 40.2 Å². The number of carbonyl (C=O) groups excluding carboxylic acids is 2. The molecule has 1 heterocycles. The summed E-state index contributed by atoms with van der Waals surface area (Å²) in [6, 6.07) is 34.3. The second-order valence-electron chi connectivity index (χ2n) is 18.2. The van der Waals surface area contributed by atoms with Crippen LogP contribution in [0.4, 0.5) is 10.5 Å². The maximum atomic E-state index is 15.5. The van der Waals surface area contributed by atoms with Crippen molar-refractivity contribution in [2.75, 3.05) is 26.4 Å². The van der Waals surface area contributed by atoms with Crippen LogP contribution < -0.4 is 14.8 Å². The molecule has 0 bridgehead atoms. The van der Waals surface area contributed by atoms with E-state index in [9.17, 15) is 25.1 Å². The van der Waals surface area contributed by atoms with E-state index in [4.69, 9.17) is 24.2 Å². The summed E-state index contributed by atoms with van der Waals surface area (Å²) in [5.74, 6) is -2.20. The summed E-state index contributed by atoms with van der Waals surface area (Å²) in [4.78, 5) is 47.5. The fraction of sp³-hybridized carbons (Fsp3) is 0.351. The molecule has 1 aliphatic heterocycles. The Morgan fingerprint density at radius 3 is 2.44 bits per heavy atom. The number of oxime groups is 1. The smallest absolute Gasteiger partial charge is 0.412 e. The third-order valence-electron chi connectivity index (χ3n) is 13.8. The van der Waals surface area contributed by atoms with E-state index in [1.54, 1.807) is 41.3 Å². The molecule has 0 saturated heterocycles. The van der Waals surface area contributed by atoms with Crippen LogP contribution in [0.2, 0.25) is 0 Å². The molecule has 5 aromatic carbocycles. The SMILES string of the molecule is C=CCO[C@@]12Oc3ccc(OC(=O)NCC)cc3[C@H]3[C@H](CCCCO)[C@@H](CCCCO)C=C(C(=NOCc4ccccc4)C[C@@H]1N(Cc1cccc4ccccc14)C(=O)C=Cc1ccc([N+](=O)[O-])cc1)[C@H]32. The number of fused-ring (bicyclic) bond motifs is 3. The molecule has 2 aliphatic carbocycles. The molecular formula is C57H62N4O10. The molecule has 1 saturated carbocycles. The molecule has 1 fully saturated rings. The minimum Gasteiger partial charge on any atom is -0.459 e. The molecule has 0 unspecified atom stereocenters. The lowest BCUT2D eigenvalue weighted by Gasteiger charge is -2.60. The summed E-state index contributed by atoms with van der Waals surface area (Å²) in [6.45, 7) is 6.73. The van der Waals surface area contributed by atoms with E-state index >= 15 is 4.79 Å². The summed E-state index contributed by atoms with van der Waals surface area (Å²) in [6.07, 6.45) is 10.8. The van der Waals surface area contributed by atoms with Crippen molar-refractivity contribution in [3.63, 3.8) is 0 Å². The van der Waals surface area contributed by atoms with Gasteiger partial charge in [-0.05, 0) is 114 Å². The number of rotatable bonds is 22. The maximum absolute atomic E-state index is 15.5. The summed E-state index contributed by atoms with van der Waals surface area (Å²) in [7, 11) is 0. The fourth-order valence-corrected chi connectivity index (χ4v) is 10.7. The Kier molecular flexibility index (Phi) is 16.7. The van der Waals surface area contributed by atoms with Gasteiger partial charge < -0.3 is 39.5 Å². The van der Waals surface area contributed by atoms with Gasteiger partial charge in [0.15, 0.2) is 0 Å². The number of allylic oxidation sites excluding steroid dienone is 1. The number of hydrogen-bond acceptors (Lipinski definition) is 11. The van der Waals surface area contributed by atoms with Gasteiger partial charge in [-0.2, -0.15) is 0 Å². The molecule has 71 heavy (non-hydrogen) atoms. The zero-order valence-electron chi connectivity index (χ0n) is 40.1. The van der Waals surface area contributed by atoms with Crippen molar-refractivity contribution in [1.82, 2.24) is 10.2 Å². The van der Waals surface area contributed by atoms with E-state index < -0.39 is 28.8 Å². The molecule has 2 amide bonds. The number of aliphatic hydroxyl groups is 2. The second kappa shape index (κ2) is 23.7. The largest absolute Gasteiger partial charge is 0.459 e. The Morgan fingerprint density at radius 1 is 0.944 bits per heavy atom. The quantitative estimate of drug-likeness (QED) is 0.0198. The Balaban J connectivity index is 1.36. The Morgan fingerprint density at radius 2 is 1.69 bits per heavy atom. The number of unbranched alkanes of at least 4 members (excludes halogenated alkanes) is 2. The first-order valence-corrected chi connectivity index (χ1v) is 24.6. The molecule has 5 aromatic rings. The molecule has 3 N–H and O–H groups in total. The standard InChI is InChI=1S/C57H62N4O10/c1-3-33-68-57-52(60(37-43-20-14-19-41-17-8-9-21-46(41)43)53(64)30-25-39-23-26-44(27-24-39)61(66)67)36-50(59-69-38-40-15-6-5-7-16-40)48-34-42(18-10-12-31-62)47(22-11-13-32-63)54(55(48)57)49-35-45(28-29-51(49)71-57)70-56(65)58-4-2/h3,5-9,14-17,19-21,23-30,34-35,42,47,52,54-55,62-63H,1,4,10-13,18,22,31-33,36-38H2,2H3,(H,58,65)/t42-,47+,52-,54+,55+,57+/m0/s1. The number of ether oxygens (including phenoxy) is 3. The van der Waals surface area contributed by atoms with E-state index in [0.29, 0.717) is 48.6 Å². The lowest BCUT2D eigenvalue weighted by molar-refractivity contribution is -0.384. The van der Waals surface area contributed by atoms with Gasteiger partial charge >= 0.3 is 6.09 Å². The van der Waals surface area contributed by atoms with Crippen LogP contribution in [0.25, 0.3) is 16.8 Å². The van der Waals surface area contributed by atoms with Gasteiger partial charge in [0.1, 0.15) is 24.1 Å². The highest BCUT2D eigenvalue weighted by molar-refractivity contribution is 6.03. The Bertz CT molecular complexity index is 2750. The number of aliphatic hydroxyl groups excluding tert-OH is 2. The van der Waals surface area contributed by atoms with Gasteiger partial charge in [-0.25, -0.2) is 4.79 Å². The number of benzene rings is 5. The summed E-state index contributed by atoms with van der Waals surface area (Å²) in [5.41, 5.74) is 4.62. The van der Waals surface area contributed by atoms with E-state index in [1.165, 1.54) is 18.2 Å². The molecule has 3 aliphatic rings. The van der Waals surface area contributed by atoms with Crippen molar-refractivity contribution in [1.29, 1.82) is 0 Å². The number of nitrogens with one attached hydrogen (secondary N) is 1. The van der Waals surface area contributed by atoms with E-state index in [0.717, 1.165) is 52.3 Å². The van der Waals surface area contributed by atoms with Crippen LogP contribution in [0.5, 0.6) is 11.5 Å². The molecule has 14 nitrogen and oxygen atoms in total. The zero-order chi connectivity index (χ0) is 49.7. The summed E-state index contributed by atoms with van der Waals surface area (Å²) >= 11 is 0. The van der Waals surface area contributed by atoms with Gasteiger partial charge in [-0.15, -0.1) is 6.58 Å². The topological polar surface area (TPSA) is 182 Å².